The number of aromatic nitrogens is 4. The van der Waals surface area contributed by atoms with Gasteiger partial charge in [0, 0.05) is 37.7 Å². The van der Waals surface area contributed by atoms with Gasteiger partial charge in [0.1, 0.15) is 11.5 Å². The molecule has 0 aliphatic carbocycles. The lowest BCUT2D eigenvalue weighted by molar-refractivity contribution is -0.121. The minimum absolute atomic E-state index is 0.0967. The summed E-state index contributed by atoms with van der Waals surface area (Å²) < 4.78 is 0. The average molecular weight is 325 g/mol. The molecule has 0 aliphatic heterocycles. The van der Waals surface area contributed by atoms with Gasteiger partial charge in [-0.05, 0) is 19.1 Å². The number of imidazole rings is 1. The van der Waals surface area contributed by atoms with Crippen molar-refractivity contribution >= 4 is 16.9 Å². The molecule has 0 unspecified atom stereocenters. The Morgan fingerprint density at radius 2 is 2.04 bits per heavy atom. The van der Waals surface area contributed by atoms with Gasteiger partial charge in [-0.1, -0.05) is 12.1 Å². The molecular weight excluding hydrogens is 306 g/mol. The summed E-state index contributed by atoms with van der Waals surface area (Å²) in [6.07, 6.45) is 3.01. The molecule has 1 amide bonds. The van der Waals surface area contributed by atoms with Crippen LogP contribution in [0.5, 0.6) is 0 Å². The van der Waals surface area contributed by atoms with Crippen LogP contribution in [0.15, 0.2) is 35.3 Å². The molecule has 7 heteroatoms. The Labute approximate surface area is 138 Å². The number of aryl methyl sites for hydroxylation is 2. The molecule has 0 radical (unpaired) electrons. The van der Waals surface area contributed by atoms with Gasteiger partial charge in [0.05, 0.1) is 11.0 Å². The molecule has 0 aliphatic rings. The second kappa shape index (κ2) is 7.08. The zero-order valence-corrected chi connectivity index (χ0v) is 13.4. The van der Waals surface area contributed by atoms with E-state index in [-0.39, 0.29) is 17.9 Å². The van der Waals surface area contributed by atoms with Crippen LogP contribution in [0.4, 0.5) is 0 Å². The van der Waals surface area contributed by atoms with Crippen molar-refractivity contribution in [3.63, 3.8) is 0 Å². The lowest BCUT2D eigenvalue weighted by Crippen LogP contribution is -2.27. The van der Waals surface area contributed by atoms with Gasteiger partial charge in [-0.3, -0.25) is 9.59 Å². The van der Waals surface area contributed by atoms with E-state index < -0.39 is 0 Å². The van der Waals surface area contributed by atoms with Gasteiger partial charge in [0.25, 0.3) is 5.56 Å². The van der Waals surface area contributed by atoms with Gasteiger partial charge >= 0.3 is 0 Å². The fraction of sp³-hybridized carbons (Fsp3) is 0.294. The van der Waals surface area contributed by atoms with E-state index in [1.54, 1.807) is 12.3 Å². The van der Waals surface area contributed by atoms with Crippen LogP contribution in [0.1, 0.15) is 23.6 Å². The first-order chi connectivity index (χ1) is 11.6. The molecule has 7 nitrogen and oxygen atoms in total. The molecule has 3 N–H and O–H groups in total. The first-order valence-corrected chi connectivity index (χ1v) is 7.87. The van der Waals surface area contributed by atoms with Crippen molar-refractivity contribution < 1.29 is 4.79 Å². The predicted octanol–water partition coefficient (Wildman–Crippen LogP) is 1.25. The topological polar surface area (TPSA) is 104 Å². The van der Waals surface area contributed by atoms with Crippen LogP contribution in [-0.2, 0) is 17.6 Å². The Kier molecular flexibility index (Phi) is 4.69. The summed E-state index contributed by atoms with van der Waals surface area (Å²) in [6.45, 7) is 2.41. The third-order valence-electron chi connectivity index (χ3n) is 3.73. The maximum atomic E-state index is 12.0. The van der Waals surface area contributed by atoms with Crippen molar-refractivity contribution in [2.75, 3.05) is 6.54 Å². The van der Waals surface area contributed by atoms with Gasteiger partial charge in [-0.15, -0.1) is 0 Å². The first kappa shape index (κ1) is 15.9. The second-order valence-corrected chi connectivity index (χ2v) is 5.62. The number of benzene rings is 1. The highest BCUT2D eigenvalue weighted by molar-refractivity contribution is 5.76. The molecule has 2 aromatic heterocycles. The zero-order valence-electron chi connectivity index (χ0n) is 13.4. The predicted molar refractivity (Wildman–Crippen MR) is 90.7 cm³/mol. The van der Waals surface area contributed by atoms with E-state index >= 15 is 0 Å². The number of para-hydroxylation sites is 2. The third-order valence-corrected chi connectivity index (χ3v) is 3.73. The van der Waals surface area contributed by atoms with Crippen molar-refractivity contribution in [2.45, 2.75) is 26.2 Å². The molecule has 1 aromatic carbocycles. The van der Waals surface area contributed by atoms with E-state index in [1.165, 1.54) is 0 Å². The quantitative estimate of drug-likeness (QED) is 0.634. The van der Waals surface area contributed by atoms with Crippen molar-refractivity contribution in [2.24, 2.45) is 0 Å². The summed E-state index contributed by atoms with van der Waals surface area (Å²) in [5.41, 5.74) is 2.55. The van der Waals surface area contributed by atoms with E-state index in [9.17, 15) is 9.59 Å². The Morgan fingerprint density at radius 3 is 2.83 bits per heavy atom. The highest BCUT2D eigenvalue weighted by Crippen LogP contribution is 2.06. The smallest absolute Gasteiger partial charge is 0.270 e. The van der Waals surface area contributed by atoms with Gasteiger partial charge < -0.3 is 15.3 Å². The number of amides is 1. The van der Waals surface area contributed by atoms with Crippen LogP contribution in [-0.4, -0.2) is 32.4 Å². The van der Waals surface area contributed by atoms with E-state index in [0.717, 1.165) is 17.0 Å². The Balaban J connectivity index is 1.52. The van der Waals surface area contributed by atoms with E-state index in [4.69, 9.17) is 0 Å². The summed E-state index contributed by atoms with van der Waals surface area (Å²) in [7, 11) is 0. The minimum atomic E-state index is -0.241. The Hall–Kier alpha value is -2.96. The molecule has 0 saturated heterocycles. The van der Waals surface area contributed by atoms with E-state index in [0.29, 0.717) is 30.6 Å². The fourth-order valence-corrected chi connectivity index (χ4v) is 2.49. The molecule has 0 spiro atoms. The minimum Gasteiger partial charge on any atom is -0.356 e. The number of carbonyl (C=O) groups excluding carboxylic acids is 1. The lowest BCUT2D eigenvalue weighted by atomic mass is 10.2. The number of hydrogen-bond donors (Lipinski definition) is 3. The largest absolute Gasteiger partial charge is 0.356 e. The van der Waals surface area contributed by atoms with Gasteiger partial charge in [0.2, 0.25) is 5.91 Å². The maximum absolute atomic E-state index is 12.0. The highest BCUT2D eigenvalue weighted by atomic mass is 16.1. The average Bonchev–Trinajstić information content (AvgIpc) is 2.98. The summed E-state index contributed by atoms with van der Waals surface area (Å²) in [6, 6.07) is 7.34. The number of carbonyl (C=O) groups is 1. The molecule has 124 valence electrons. The highest BCUT2D eigenvalue weighted by Gasteiger charge is 2.08. The van der Waals surface area contributed by atoms with E-state index in [1.807, 2.05) is 25.1 Å². The zero-order chi connectivity index (χ0) is 16.9. The van der Waals surface area contributed by atoms with Crippen LogP contribution in [0.3, 0.4) is 0 Å². The van der Waals surface area contributed by atoms with Crippen molar-refractivity contribution in [1.82, 2.24) is 25.3 Å². The van der Waals surface area contributed by atoms with Crippen LogP contribution in [0, 0.1) is 6.92 Å². The van der Waals surface area contributed by atoms with Gasteiger partial charge in [-0.2, -0.15) is 0 Å². The molecule has 0 saturated carbocycles. The summed E-state index contributed by atoms with van der Waals surface area (Å²) in [4.78, 5) is 38.2. The number of nitrogens with one attached hydrogen (secondary N) is 3. The third kappa shape index (κ3) is 3.87. The molecule has 3 rings (SSSR count). The standard InChI is InChI=1S/C17H19N5O2/c1-11-19-10-12(20-11)8-9-18-16(23)7-6-15-17(24)22-14-5-3-2-4-13(14)21-15/h2-5,10H,6-9H2,1H3,(H,18,23)(H,19,20)(H,22,24). The van der Waals surface area contributed by atoms with Gasteiger partial charge in [0.15, 0.2) is 0 Å². The van der Waals surface area contributed by atoms with Crippen molar-refractivity contribution in [3.8, 4) is 0 Å². The maximum Gasteiger partial charge on any atom is 0.270 e. The number of hydrogen-bond acceptors (Lipinski definition) is 4. The summed E-state index contributed by atoms with van der Waals surface area (Å²) in [5, 5.41) is 2.84. The van der Waals surface area contributed by atoms with Crippen molar-refractivity contribution in [1.29, 1.82) is 0 Å². The number of fused-ring (bicyclic) bond motifs is 1. The second-order valence-electron chi connectivity index (χ2n) is 5.62. The molecule has 0 atom stereocenters. The molecule has 2 heterocycles. The lowest BCUT2D eigenvalue weighted by Gasteiger charge is -2.05. The first-order valence-electron chi connectivity index (χ1n) is 7.87. The number of H-pyrrole nitrogens is 2. The molecule has 24 heavy (non-hydrogen) atoms. The molecule has 0 bridgehead atoms. The van der Waals surface area contributed by atoms with Crippen LogP contribution in [0.25, 0.3) is 11.0 Å². The molecular formula is C17H19N5O2. The Bertz CT molecular complexity index is 912. The van der Waals surface area contributed by atoms with Crippen LogP contribution in [0.2, 0.25) is 0 Å². The molecule has 0 fully saturated rings. The number of rotatable bonds is 6. The number of aromatic amines is 2. The van der Waals surface area contributed by atoms with Crippen molar-refractivity contribution in [3.05, 3.63) is 58.0 Å². The molecule has 3 aromatic rings. The monoisotopic (exact) mass is 325 g/mol. The summed E-state index contributed by atoms with van der Waals surface area (Å²) in [5.74, 6) is 0.763. The Morgan fingerprint density at radius 1 is 1.21 bits per heavy atom. The summed E-state index contributed by atoms with van der Waals surface area (Å²) >= 11 is 0. The fourth-order valence-electron chi connectivity index (χ4n) is 2.49. The normalized spacial score (nSPS) is 10.9. The van der Waals surface area contributed by atoms with Gasteiger partial charge in [-0.25, -0.2) is 9.97 Å². The number of nitrogens with zero attached hydrogens (tertiary/aromatic N) is 2. The van der Waals surface area contributed by atoms with Crippen LogP contribution >= 0.6 is 0 Å². The van der Waals surface area contributed by atoms with E-state index in [2.05, 4.69) is 25.3 Å². The van der Waals surface area contributed by atoms with Crippen LogP contribution < -0.4 is 10.9 Å². The SMILES string of the molecule is Cc1ncc(CCNC(=O)CCc2nc3ccccc3[nH]c2=O)[nH]1.